The van der Waals surface area contributed by atoms with E-state index in [4.69, 9.17) is 4.74 Å². The molecular formula is C21H16O. The Hall–Kier alpha value is -2.80. The van der Waals surface area contributed by atoms with Gasteiger partial charge in [-0.05, 0) is 35.4 Å². The molecule has 4 rings (SSSR count). The number of aryl methyl sites for hydroxylation is 1. The highest BCUT2D eigenvalue weighted by Crippen LogP contribution is 2.36. The standard InChI is InChI=1S/C21H16O/c1-14-11-12-18-20(13-14)22-19-10-6-5-9-17(19)21(18)16-8-4-3-7-15(16)2/h3-13H,1H2,2H3. The molecule has 106 valence electrons. The lowest BCUT2D eigenvalue weighted by molar-refractivity contribution is 0.472. The Morgan fingerprint density at radius 1 is 0.773 bits per heavy atom. The van der Waals surface area contributed by atoms with E-state index < -0.39 is 0 Å². The first kappa shape index (κ1) is 12.9. The quantitative estimate of drug-likeness (QED) is 0.517. The molecule has 0 spiro atoms. The summed E-state index contributed by atoms with van der Waals surface area (Å²) in [6, 6.07) is 22.8. The second-order valence-electron chi connectivity index (χ2n) is 5.62. The fourth-order valence-corrected chi connectivity index (χ4v) is 3.03. The van der Waals surface area contributed by atoms with Crippen LogP contribution in [-0.4, -0.2) is 0 Å². The largest absolute Gasteiger partial charge is 0.456 e. The predicted octanol–water partition coefficient (Wildman–Crippen LogP) is 3.76. The topological polar surface area (TPSA) is 9.23 Å². The van der Waals surface area contributed by atoms with Gasteiger partial charge in [-0.1, -0.05) is 61.2 Å². The molecule has 0 unspecified atom stereocenters. The maximum absolute atomic E-state index is 6.09. The van der Waals surface area contributed by atoms with Gasteiger partial charge in [-0.15, -0.1) is 0 Å². The van der Waals surface area contributed by atoms with Crippen molar-refractivity contribution in [1.82, 2.24) is 0 Å². The van der Waals surface area contributed by atoms with Gasteiger partial charge >= 0.3 is 0 Å². The molecule has 22 heavy (non-hydrogen) atoms. The summed E-state index contributed by atoms with van der Waals surface area (Å²) in [6.07, 6.45) is 0. The molecular weight excluding hydrogens is 268 g/mol. The number of hydrogen-bond acceptors (Lipinski definition) is 1. The molecule has 0 bridgehead atoms. The molecule has 0 amide bonds. The van der Waals surface area contributed by atoms with Crippen LogP contribution in [0.4, 0.5) is 0 Å². The number of ether oxygens (including phenoxy) is 1. The highest BCUT2D eigenvalue weighted by atomic mass is 16.5. The van der Waals surface area contributed by atoms with E-state index in [0.717, 1.165) is 27.5 Å². The van der Waals surface area contributed by atoms with E-state index in [1.54, 1.807) is 0 Å². The van der Waals surface area contributed by atoms with Gasteiger partial charge in [-0.2, -0.15) is 0 Å². The van der Waals surface area contributed by atoms with Gasteiger partial charge in [-0.25, -0.2) is 0 Å². The van der Waals surface area contributed by atoms with Crippen LogP contribution >= 0.6 is 0 Å². The second kappa shape index (κ2) is 4.88. The summed E-state index contributed by atoms with van der Waals surface area (Å²) in [5, 5.41) is 2.09. The lowest BCUT2D eigenvalue weighted by Gasteiger charge is -2.21. The molecule has 1 nitrogen and oxygen atoms in total. The minimum atomic E-state index is 0.879. The third-order valence-corrected chi connectivity index (χ3v) is 4.11. The average molecular weight is 284 g/mol. The van der Waals surface area contributed by atoms with E-state index in [1.165, 1.54) is 16.7 Å². The molecule has 0 saturated heterocycles. The van der Waals surface area contributed by atoms with E-state index >= 15 is 0 Å². The molecule has 0 aliphatic carbocycles. The highest BCUT2D eigenvalue weighted by Gasteiger charge is 2.20. The smallest absolute Gasteiger partial charge is 0.135 e. The minimum Gasteiger partial charge on any atom is -0.456 e. The van der Waals surface area contributed by atoms with Gasteiger partial charge < -0.3 is 4.74 Å². The average Bonchev–Trinajstić information content (AvgIpc) is 2.53. The van der Waals surface area contributed by atoms with Crippen LogP contribution in [0.3, 0.4) is 0 Å². The second-order valence-corrected chi connectivity index (χ2v) is 5.62. The summed E-state index contributed by atoms with van der Waals surface area (Å²) in [5.74, 6) is 1.78. The first-order valence-electron chi connectivity index (χ1n) is 7.40. The Morgan fingerprint density at radius 3 is 2.32 bits per heavy atom. The molecule has 3 aromatic rings. The van der Waals surface area contributed by atoms with Crippen LogP contribution < -0.4 is 15.2 Å². The fourth-order valence-electron chi connectivity index (χ4n) is 3.03. The van der Waals surface area contributed by atoms with E-state index in [1.807, 2.05) is 24.3 Å². The van der Waals surface area contributed by atoms with Crippen molar-refractivity contribution in [3.8, 4) is 11.5 Å². The zero-order valence-corrected chi connectivity index (χ0v) is 12.5. The third kappa shape index (κ3) is 1.94. The molecule has 0 atom stereocenters. The summed E-state index contributed by atoms with van der Waals surface area (Å²) in [4.78, 5) is 0. The normalized spacial score (nSPS) is 12.3. The number of hydrogen-bond donors (Lipinski definition) is 0. The van der Waals surface area contributed by atoms with Gasteiger partial charge in [0.25, 0.3) is 0 Å². The summed E-state index contributed by atoms with van der Waals surface area (Å²) in [5.41, 5.74) is 4.88. The van der Waals surface area contributed by atoms with Gasteiger partial charge in [0.1, 0.15) is 11.5 Å². The van der Waals surface area contributed by atoms with Crippen LogP contribution in [0.2, 0.25) is 0 Å². The van der Waals surface area contributed by atoms with Crippen molar-refractivity contribution in [2.45, 2.75) is 6.92 Å². The number of fused-ring (bicyclic) bond motifs is 2. The zero-order chi connectivity index (χ0) is 15.1. The Kier molecular flexibility index (Phi) is 2.87. The number of rotatable bonds is 1. The van der Waals surface area contributed by atoms with E-state index in [-0.39, 0.29) is 0 Å². The van der Waals surface area contributed by atoms with Gasteiger partial charge in [0, 0.05) is 16.4 Å². The van der Waals surface area contributed by atoms with Crippen molar-refractivity contribution in [3.63, 3.8) is 0 Å². The monoisotopic (exact) mass is 284 g/mol. The van der Waals surface area contributed by atoms with Gasteiger partial charge in [0.15, 0.2) is 0 Å². The van der Waals surface area contributed by atoms with Crippen molar-refractivity contribution >= 4 is 12.2 Å². The van der Waals surface area contributed by atoms with Crippen molar-refractivity contribution in [1.29, 1.82) is 0 Å². The Morgan fingerprint density at radius 2 is 1.50 bits per heavy atom. The maximum atomic E-state index is 6.09. The van der Waals surface area contributed by atoms with Crippen molar-refractivity contribution in [3.05, 3.63) is 93.9 Å². The molecule has 3 aromatic carbocycles. The molecule has 1 aliphatic rings. The summed E-state index contributed by atoms with van der Waals surface area (Å²) < 4.78 is 6.09. The zero-order valence-electron chi connectivity index (χ0n) is 12.5. The lowest BCUT2D eigenvalue weighted by atomic mass is 9.90. The summed E-state index contributed by atoms with van der Waals surface area (Å²) >= 11 is 0. The van der Waals surface area contributed by atoms with Crippen LogP contribution in [0.5, 0.6) is 11.5 Å². The van der Waals surface area contributed by atoms with Crippen molar-refractivity contribution in [2.24, 2.45) is 0 Å². The first-order chi connectivity index (χ1) is 10.7. The minimum absolute atomic E-state index is 0.879. The van der Waals surface area contributed by atoms with E-state index in [2.05, 4.69) is 56.0 Å². The van der Waals surface area contributed by atoms with Crippen LogP contribution in [0, 0.1) is 6.92 Å². The van der Waals surface area contributed by atoms with Crippen molar-refractivity contribution < 1.29 is 4.74 Å². The molecule has 0 saturated carbocycles. The summed E-state index contributed by atoms with van der Waals surface area (Å²) in [6.45, 7) is 6.16. The Bertz CT molecular complexity index is 983. The van der Waals surface area contributed by atoms with Gasteiger partial charge in [0.05, 0.1) is 0 Å². The first-order valence-corrected chi connectivity index (χ1v) is 7.40. The SMILES string of the molecule is C=c1ccc2c(c1)Oc1ccccc1C=2c1ccccc1C. The van der Waals surface area contributed by atoms with Crippen LogP contribution in [0.1, 0.15) is 16.7 Å². The fraction of sp³-hybridized carbons (Fsp3) is 0.0476. The highest BCUT2D eigenvalue weighted by molar-refractivity contribution is 5.86. The van der Waals surface area contributed by atoms with E-state index in [0.29, 0.717) is 0 Å². The van der Waals surface area contributed by atoms with Crippen molar-refractivity contribution in [2.75, 3.05) is 0 Å². The Balaban J connectivity index is 2.17. The summed E-state index contributed by atoms with van der Waals surface area (Å²) in [7, 11) is 0. The van der Waals surface area contributed by atoms with Gasteiger partial charge in [-0.3, -0.25) is 0 Å². The van der Waals surface area contributed by atoms with Crippen LogP contribution in [-0.2, 0) is 0 Å². The predicted molar refractivity (Wildman–Crippen MR) is 90.5 cm³/mol. The molecule has 0 N–H and O–H groups in total. The maximum Gasteiger partial charge on any atom is 0.135 e. The number of benzene rings is 3. The molecule has 1 aliphatic heterocycles. The van der Waals surface area contributed by atoms with Gasteiger partial charge in [0.2, 0.25) is 0 Å². The molecule has 1 heteroatoms. The molecule has 1 heterocycles. The van der Waals surface area contributed by atoms with Crippen LogP contribution in [0.25, 0.3) is 12.2 Å². The molecule has 0 radical (unpaired) electrons. The Labute approximate surface area is 129 Å². The van der Waals surface area contributed by atoms with E-state index in [9.17, 15) is 0 Å². The third-order valence-electron chi connectivity index (χ3n) is 4.11. The molecule has 0 aromatic heterocycles. The van der Waals surface area contributed by atoms with Crippen LogP contribution in [0.15, 0.2) is 66.7 Å². The number of para-hydroxylation sites is 1. The lowest BCUT2D eigenvalue weighted by Crippen LogP contribution is -2.19. The molecule has 0 fully saturated rings.